The van der Waals surface area contributed by atoms with Gasteiger partial charge in [0.2, 0.25) is 11.8 Å². The fourth-order valence-corrected chi connectivity index (χ4v) is 9.10. The maximum Gasteiger partial charge on any atom is 0.408 e. The van der Waals surface area contributed by atoms with Crippen LogP contribution < -0.4 is 25.4 Å². The number of nitrogens with one attached hydrogen (secondary N) is 3. The summed E-state index contributed by atoms with van der Waals surface area (Å²) in [5, 5.41) is 13.7. The van der Waals surface area contributed by atoms with Gasteiger partial charge in [-0.15, -0.1) is 11.3 Å². The Morgan fingerprint density at radius 1 is 1.02 bits per heavy atom. The Morgan fingerprint density at radius 2 is 1.82 bits per heavy atom. The first kappa shape index (κ1) is 39.4. The van der Waals surface area contributed by atoms with Crippen LogP contribution in [0.25, 0.3) is 22.0 Å². The first-order chi connectivity index (χ1) is 27.1. The van der Waals surface area contributed by atoms with Crippen molar-refractivity contribution in [3.8, 4) is 22.8 Å². The Bertz CT molecular complexity index is 1960. The van der Waals surface area contributed by atoms with Crippen LogP contribution in [0.15, 0.2) is 47.9 Å². The molecule has 3 amide bonds. The minimum absolute atomic E-state index is 0.0857. The number of ether oxygens (including phenoxy) is 4. The fourth-order valence-electron chi connectivity index (χ4n) is 8.23. The van der Waals surface area contributed by atoms with E-state index >= 15 is 0 Å². The molecular formula is C42H53N5O8S. The molecule has 2 saturated carbocycles. The van der Waals surface area contributed by atoms with Gasteiger partial charge in [0.15, 0.2) is 5.13 Å². The molecule has 7 rings (SSSR count). The number of allylic oxidation sites excluding steroid dienone is 1. The number of fused-ring (bicyclic) bond motifs is 3. The highest BCUT2D eigenvalue weighted by atomic mass is 32.1. The second-order valence-corrected chi connectivity index (χ2v) is 16.6. The third-order valence-corrected chi connectivity index (χ3v) is 12.1. The van der Waals surface area contributed by atoms with E-state index in [0.29, 0.717) is 30.8 Å². The van der Waals surface area contributed by atoms with Gasteiger partial charge in [0.25, 0.3) is 0 Å². The van der Waals surface area contributed by atoms with Crippen molar-refractivity contribution in [3.05, 3.63) is 47.9 Å². The Kier molecular flexibility index (Phi) is 12.0. The van der Waals surface area contributed by atoms with Gasteiger partial charge in [0, 0.05) is 34.7 Å². The molecular weight excluding hydrogens is 735 g/mol. The molecule has 3 aromatic rings. The van der Waals surface area contributed by atoms with Crippen LogP contribution in [0.3, 0.4) is 0 Å². The van der Waals surface area contributed by atoms with Gasteiger partial charge in [-0.25, -0.2) is 14.6 Å². The minimum atomic E-state index is -1.21. The van der Waals surface area contributed by atoms with Crippen LogP contribution in [0.1, 0.15) is 84.5 Å². The Balaban J connectivity index is 1.21. The summed E-state index contributed by atoms with van der Waals surface area (Å²) in [6.07, 6.45) is 10.4. The number of esters is 1. The zero-order valence-corrected chi connectivity index (χ0v) is 33.5. The largest absolute Gasteiger partial charge is 0.497 e. The van der Waals surface area contributed by atoms with Crippen molar-refractivity contribution in [3.63, 3.8) is 0 Å². The number of benzene rings is 2. The SMILES string of the molecule is COC(=O)[C@@]12C[C@H]1/C=C\CCCCC[C@H](NC(=O)OC1CCCC1)C(=O)N1C[C@H](Oc3cc(-c4csc(NC(C)C)n4)cc4cc(OC)ccc34)C[C@H]1C(=O)N2. The van der Waals surface area contributed by atoms with Crippen LogP contribution in [0.2, 0.25) is 0 Å². The predicted octanol–water partition coefficient (Wildman–Crippen LogP) is 6.75. The molecule has 0 bridgehead atoms. The van der Waals surface area contributed by atoms with Crippen molar-refractivity contribution in [1.29, 1.82) is 0 Å². The lowest BCUT2D eigenvalue weighted by molar-refractivity contribution is -0.148. The zero-order valence-electron chi connectivity index (χ0n) is 32.6. The molecule has 0 spiro atoms. The summed E-state index contributed by atoms with van der Waals surface area (Å²) in [7, 11) is 2.93. The molecule has 2 aliphatic carbocycles. The summed E-state index contributed by atoms with van der Waals surface area (Å²) in [6.45, 7) is 4.21. The second kappa shape index (κ2) is 17.1. The van der Waals surface area contributed by atoms with Gasteiger partial charge in [0.05, 0.1) is 26.5 Å². The number of aromatic nitrogens is 1. The summed E-state index contributed by atoms with van der Waals surface area (Å²) in [5.41, 5.74) is 0.411. The van der Waals surface area contributed by atoms with E-state index in [4.69, 9.17) is 23.9 Å². The first-order valence-electron chi connectivity index (χ1n) is 19.9. The van der Waals surface area contributed by atoms with Crippen LogP contribution in [0, 0.1) is 5.92 Å². The van der Waals surface area contributed by atoms with E-state index in [1.807, 2.05) is 47.9 Å². The summed E-state index contributed by atoms with van der Waals surface area (Å²) < 4.78 is 23.2. The van der Waals surface area contributed by atoms with Crippen molar-refractivity contribution in [2.75, 3.05) is 26.1 Å². The van der Waals surface area contributed by atoms with Crippen LogP contribution in [-0.4, -0.2) is 90.4 Å². The molecule has 0 unspecified atom stereocenters. The standard InChI is InChI=1S/C42H53N5O8S/c1-25(2)43-40-44-34(24-56-40)27-18-26-19-30(52-3)16-17-32(26)36(20-27)54-31-21-35-37(48)46-42(39(50)53-4)22-28(42)12-8-6-5-7-9-15-33(38(49)47(35)23-31)45-41(51)55-29-13-10-11-14-29/h8,12,16-20,24-25,28-29,31,33,35H,5-7,9-11,13-15,21-23H2,1-4H3,(H,43,44)(H,45,51)(H,46,48)/b12-8-/t28-,31-,33+,35+,42-/m1/s1. The zero-order chi connectivity index (χ0) is 39.4. The van der Waals surface area contributed by atoms with Crippen molar-refractivity contribution in [2.24, 2.45) is 5.92 Å². The summed E-state index contributed by atoms with van der Waals surface area (Å²) in [6, 6.07) is 8.07. The fraction of sp³-hybridized carbons (Fsp3) is 0.548. The second-order valence-electron chi connectivity index (χ2n) is 15.7. The van der Waals surface area contributed by atoms with Crippen molar-refractivity contribution >= 4 is 51.1 Å². The van der Waals surface area contributed by atoms with Gasteiger partial charge in [-0.3, -0.25) is 9.59 Å². The number of nitrogens with zero attached hydrogens (tertiary/aromatic N) is 2. The molecule has 1 saturated heterocycles. The van der Waals surface area contributed by atoms with Gasteiger partial charge in [-0.2, -0.15) is 0 Å². The molecule has 3 N–H and O–H groups in total. The first-order valence-corrected chi connectivity index (χ1v) is 20.8. The molecule has 5 atom stereocenters. The molecule has 3 heterocycles. The Morgan fingerprint density at radius 3 is 2.59 bits per heavy atom. The summed E-state index contributed by atoms with van der Waals surface area (Å²) >= 11 is 1.52. The topological polar surface area (TPSA) is 157 Å². The van der Waals surface area contributed by atoms with Crippen molar-refractivity contribution < 1.29 is 38.1 Å². The molecule has 13 nitrogen and oxygen atoms in total. The highest BCUT2D eigenvalue weighted by Gasteiger charge is 2.62. The lowest BCUT2D eigenvalue weighted by atomic mass is 10.0. The van der Waals surface area contributed by atoms with E-state index in [0.717, 1.165) is 72.1 Å². The number of thiazole rings is 1. The van der Waals surface area contributed by atoms with E-state index in [-0.39, 0.29) is 36.9 Å². The lowest BCUT2D eigenvalue weighted by Gasteiger charge is -2.29. The molecule has 14 heteroatoms. The molecule has 0 radical (unpaired) electrons. The third kappa shape index (κ3) is 8.75. The number of hydrogen-bond donors (Lipinski definition) is 3. The molecule has 1 aromatic heterocycles. The van der Waals surface area contributed by atoms with Crippen molar-refractivity contribution in [2.45, 2.75) is 120 Å². The number of carbonyl (C=O) groups excluding carboxylic acids is 4. The van der Waals surface area contributed by atoms with E-state index in [1.165, 1.54) is 23.3 Å². The monoisotopic (exact) mass is 787 g/mol. The number of alkyl carbamates (subject to hydrolysis) is 1. The van der Waals surface area contributed by atoms with Crippen LogP contribution in [0.4, 0.5) is 9.93 Å². The van der Waals surface area contributed by atoms with Gasteiger partial charge in [-0.05, 0) is 101 Å². The van der Waals surface area contributed by atoms with Gasteiger partial charge in [0.1, 0.15) is 41.3 Å². The van der Waals surface area contributed by atoms with E-state index in [2.05, 4.69) is 29.8 Å². The number of hydrogen-bond acceptors (Lipinski definition) is 11. The quantitative estimate of drug-likeness (QED) is 0.157. The van der Waals surface area contributed by atoms with Gasteiger partial charge < -0.3 is 39.8 Å². The molecule has 2 aliphatic heterocycles. The average molecular weight is 788 g/mol. The van der Waals surface area contributed by atoms with Crippen molar-refractivity contribution in [1.82, 2.24) is 20.5 Å². The number of carbonyl (C=O) groups is 4. The number of rotatable bonds is 9. The normalized spacial score (nSPS) is 26.3. The van der Waals surface area contributed by atoms with Crippen LogP contribution in [0.5, 0.6) is 11.5 Å². The molecule has 4 aliphatic rings. The lowest BCUT2D eigenvalue weighted by Crippen LogP contribution is -2.56. The summed E-state index contributed by atoms with van der Waals surface area (Å²) in [4.78, 5) is 61.7. The minimum Gasteiger partial charge on any atom is -0.497 e. The maximum absolute atomic E-state index is 14.6. The van der Waals surface area contributed by atoms with E-state index in [1.54, 1.807) is 7.11 Å². The number of anilines is 1. The Labute approximate surface area is 331 Å². The predicted molar refractivity (Wildman–Crippen MR) is 214 cm³/mol. The average Bonchev–Trinajstić information content (AvgIpc) is 3.62. The van der Waals surface area contributed by atoms with Gasteiger partial charge >= 0.3 is 12.1 Å². The highest BCUT2D eigenvalue weighted by molar-refractivity contribution is 7.14. The molecule has 3 fully saturated rings. The number of amides is 3. The van der Waals surface area contributed by atoms with Gasteiger partial charge in [-0.1, -0.05) is 25.0 Å². The molecule has 56 heavy (non-hydrogen) atoms. The van der Waals surface area contributed by atoms with Crippen LogP contribution >= 0.6 is 11.3 Å². The molecule has 300 valence electrons. The highest BCUT2D eigenvalue weighted by Crippen LogP contribution is 2.46. The molecule has 2 aromatic carbocycles. The number of methoxy groups -OCH3 is 2. The van der Waals surface area contributed by atoms with Crippen LogP contribution in [-0.2, 0) is 23.9 Å². The Hall–Kier alpha value is -4.85. The maximum atomic E-state index is 14.6. The van der Waals surface area contributed by atoms with E-state index in [9.17, 15) is 19.2 Å². The third-order valence-electron chi connectivity index (χ3n) is 11.3. The van der Waals surface area contributed by atoms with E-state index < -0.39 is 41.7 Å². The summed E-state index contributed by atoms with van der Waals surface area (Å²) in [5.74, 6) is -0.329. The smallest absolute Gasteiger partial charge is 0.408 e.